The molecule has 1 aliphatic rings. The number of hydrogen-bond acceptors (Lipinski definition) is 9. The lowest BCUT2D eigenvalue weighted by Gasteiger charge is -2.26. The monoisotopic (exact) mass is 662 g/mol. The van der Waals surface area contributed by atoms with E-state index in [-0.39, 0.29) is 6.54 Å². The van der Waals surface area contributed by atoms with Crippen LogP contribution in [0.15, 0.2) is 84.4 Å². The summed E-state index contributed by atoms with van der Waals surface area (Å²) in [6.07, 6.45) is 6.00. The SMILES string of the molecule is Cc1cc(C)c(OC(=O)N(Cc2csc(-c3ccccc3)n2)c2ccnc(Nc3cccc(OCCCN4CCCCC4)c3)n2)c(C)c1. The smallest absolute Gasteiger partial charge is 0.421 e. The van der Waals surface area contributed by atoms with Gasteiger partial charge in [-0.3, -0.25) is 4.90 Å². The van der Waals surface area contributed by atoms with Crippen LogP contribution in [0.4, 0.5) is 22.2 Å². The van der Waals surface area contributed by atoms with Crippen molar-refractivity contribution in [2.75, 3.05) is 36.5 Å². The van der Waals surface area contributed by atoms with Crippen molar-refractivity contribution in [1.29, 1.82) is 0 Å². The van der Waals surface area contributed by atoms with Gasteiger partial charge in [0.2, 0.25) is 5.95 Å². The van der Waals surface area contributed by atoms with Crippen LogP contribution < -0.4 is 19.7 Å². The molecule has 3 aromatic carbocycles. The molecule has 48 heavy (non-hydrogen) atoms. The van der Waals surface area contributed by atoms with E-state index in [4.69, 9.17) is 19.4 Å². The van der Waals surface area contributed by atoms with Crippen molar-refractivity contribution in [1.82, 2.24) is 19.9 Å². The number of likely N-dealkylation sites (tertiary alicyclic amines) is 1. The van der Waals surface area contributed by atoms with E-state index in [0.717, 1.165) is 57.4 Å². The third kappa shape index (κ3) is 8.76. The van der Waals surface area contributed by atoms with Crippen LogP contribution in [0.1, 0.15) is 48.1 Å². The molecule has 0 atom stereocenters. The molecule has 0 spiro atoms. The van der Waals surface area contributed by atoms with Gasteiger partial charge in [-0.05, 0) is 82.4 Å². The van der Waals surface area contributed by atoms with Crippen molar-refractivity contribution in [3.8, 4) is 22.1 Å². The summed E-state index contributed by atoms with van der Waals surface area (Å²) in [6, 6.07) is 23.5. The van der Waals surface area contributed by atoms with E-state index in [9.17, 15) is 4.79 Å². The van der Waals surface area contributed by atoms with Crippen molar-refractivity contribution >= 4 is 34.9 Å². The van der Waals surface area contributed by atoms with Crippen LogP contribution in [0.3, 0.4) is 0 Å². The molecule has 0 saturated carbocycles. The molecule has 0 radical (unpaired) electrons. The second kappa shape index (κ2) is 15.9. The number of rotatable bonds is 12. The van der Waals surface area contributed by atoms with Crippen LogP contribution in [0.25, 0.3) is 10.6 Å². The highest BCUT2D eigenvalue weighted by molar-refractivity contribution is 7.13. The van der Waals surface area contributed by atoms with Crippen LogP contribution in [-0.4, -0.2) is 52.2 Å². The summed E-state index contributed by atoms with van der Waals surface area (Å²) in [5.74, 6) is 2.05. The van der Waals surface area contributed by atoms with E-state index < -0.39 is 6.09 Å². The molecule has 9 nitrogen and oxygen atoms in total. The molecular formula is C38H42N6O3S. The molecule has 0 aliphatic carbocycles. The Morgan fingerprint density at radius 2 is 1.73 bits per heavy atom. The third-order valence-electron chi connectivity index (χ3n) is 8.25. The van der Waals surface area contributed by atoms with E-state index in [0.29, 0.717) is 24.1 Å². The summed E-state index contributed by atoms with van der Waals surface area (Å²) in [5.41, 5.74) is 5.42. The molecule has 248 valence electrons. The fourth-order valence-electron chi connectivity index (χ4n) is 5.98. The average molecular weight is 663 g/mol. The van der Waals surface area contributed by atoms with Crippen LogP contribution >= 0.6 is 11.3 Å². The number of amides is 1. The number of carbonyl (C=O) groups excluding carboxylic acids is 1. The number of anilines is 3. The Morgan fingerprint density at radius 1 is 0.938 bits per heavy atom. The number of benzene rings is 3. The lowest BCUT2D eigenvalue weighted by Crippen LogP contribution is -2.34. The first-order valence-electron chi connectivity index (χ1n) is 16.5. The van der Waals surface area contributed by atoms with Crippen molar-refractivity contribution in [2.24, 2.45) is 0 Å². The van der Waals surface area contributed by atoms with Gasteiger partial charge in [-0.25, -0.2) is 14.8 Å². The minimum absolute atomic E-state index is 0.170. The first-order chi connectivity index (χ1) is 23.4. The predicted octanol–water partition coefficient (Wildman–Crippen LogP) is 8.73. The largest absolute Gasteiger partial charge is 0.493 e. The molecule has 5 aromatic rings. The van der Waals surface area contributed by atoms with Gasteiger partial charge >= 0.3 is 6.09 Å². The zero-order valence-corrected chi connectivity index (χ0v) is 28.6. The molecule has 0 bridgehead atoms. The van der Waals surface area contributed by atoms with Crippen molar-refractivity contribution in [3.63, 3.8) is 0 Å². The van der Waals surface area contributed by atoms with Gasteiger partial charge < -0.3 is 19.7 Å². The maximum absolute atomic E-state index is 13.9. The molecule has 1 amide bonds. The molecule has 10 heteroatoms. The van der Waals surface area contributed by atoms with Gasteiger partial charge in [0.1, 0.15) is 22.3 Å². The number of ether oxygens (including phenoxy) is 2. The fraction of sp³-hybridized carbons (Fsp3) is 0.316. The number of thiazole rings is 1. The Labute approximate surface area is 286 Å². The molecule has 1 fully saturated rings. The minimum Gasteiger partial charge on any atom is -0.493 e. The highest BCUT2D eigenvalue weighted by Gasteiger charge is 2.24. The molecule has 0 unspecified atom stereocenters. The van der Waals surface area contributed by atoms with Crippen LogP contribution in [0.5, 0.6) is 11.5 Å². The molecule has 1 N–H and O–H groups in total. The summed E-state index contributed by atoms with van der Waals surface area (Å²) < 4.78 is 12.1. The second-order valence-electron chi connectivity index (χ2n) is 12.2. The topological polar surface area (TPSA) is 92.7 Å². The number of aryl methyl sites for hydroxylation is 3. The van der Waals surface area contributed by atoms with Crippen molar-refractivity contribution in [2.45, 2.75) is 53.0 Å². The van der Waals surface area contributed by atoms with Gasteiger partial charge in [0.05, 0.1) is 18.8 Å². The van der Waals surface area contributed by atoms with Gasteiger partial charge in [0.15, 0.2) is 0 Å². The van der Waals surface area contributed by atoms with E-state index >= 15 is 0 Å². The van der Waals surface area contributed by atoms with Gasteiger partial charge in [0.25, 0.3) is 0 Å². The highest BCUT2D eigenvalue weighted by atomic mass is 32.1. The van der Waals surface area contributed by atoms with Crippen molar-refractivity contribution in [3.05, 3.63) is 107 Å². The summed E-state index contributed by atoms with van der Waals surface area (Å²) >= 11 is 1.53. The summed E-state index contributed by atoms with van der Waals surface area (Å²) in [4.78, 5) is 31.9. The fourth-order valence-corrected chi connectivity index (χ4v) is 6.79. The number of nitrogens with one attached hydrogen (secondary N) is 1. The van der Waals surface area contributed by atoms with Gasteiger partial charge in [-0.2, -0.15) is 4.98 Å². The number of hydrogen-bond donors (Lipinski definition) is 1. The summed E-state index contributed by atoms with van der Waals surface area (Å²) in [7, 11) is 0. The third-order valence-corrected chi connectivity index (χ3v) is 9.19. The van der Waals surface area contributed by atoms with Gasteiger partial charge in [-0.15, -0.1) is 11.3 Å². The zero-order valence-electron chi connectivity index (χ0n) is 27.8. The first kappa shape index (κ1) is 33.1. The van der Waals surface area contributed by atoms with E-state index in [2.05, 4.69) is 15.2 Å². The number of piperidine rings is 1. The number of carbonyl (C=O) groups is 1. The van der Waals surface area contributed by atoms with Crippen LogP contribution in [0, 0.1) is 20.8 Å². The second-order valence-corrected chi connectivity index (χ2v) is 13.0. The highest BCUT2D eigenvalue weighted by Crippen LogP contribution is 2.29. The molecule has 3 heterocycles. The van der Waals surface area contributed by atoms with E-state index in [1.165, 1.54) is 48.6 Å². The Balaban J connectivity index is 1.18. The standard InChI is InChI=1S/C38H42N6O3S/c1-27-22-28(2)35(29(3)23-27)47-38(45)44(25-32-26-48-36(40-32)30-12-6-4-7-13-30)34-16-17-39-37(42-34)41-31-14-10-15-33(24-31)46-21-11-20-43-18-8-5-9-19-43/h4,6-7,10,12-17,22-24,26H,5,8-9,11,18-21,25H2,1-3H3,(H,39,41,42). The Kier molecular flexibility index (Phi) is 10.9. The van der Waals surface area contributed by atoms with Gasteiger partial charge in [0, 0.05) is 35.4 Å². The maximum Gasteiger partial charge on any atom is 0.421 e. The van der Waals surface area contributed by atoms with Crippen molar-refractivity contribution < 1.29 is 14.3 Å². The summed E-state index contributed by atoms with van der Waals surface area (Å²) in [5, 5.41) is 6.12. The molecule has 2 aromatic heterocycles. The molecule has 1 aliphatic heterocycles. The number of nitrogens with zero attached hydrogens (tertiary/aromatic N) is 5. The summed E-state index contributed by atoms with van der Waals surface area (Å²) in [6.45, 7) is 10.2. The first-order valence-corrected chi connectivity index (χ1v) is 17.4. The lowest BCUT2D eigenvalue weighted by atomic mass is 10.1. The molecule has 6 rings (SSSR count). The molecule has 1 saturated heterocycles. The van der Waals surface area contributed by atoms with Crippen LogP contribution in [-0.2, 0) is 6.54 Å². The van der Waals surface area contributed by atoms with Gasteiger partial charge in [-0.1, -0.05) is 60.5 Å². The predicted molar refractivity (Wildman–Crippen MR) is 193 cm³/mol. The Morgan fingerprint density at radius 3 is 2.52 bits per heavy atom. The molecular weight excluding hydrogens is 621 g/mol. The van der Waals surface area contributed by atoms with E-state index in [1.807, 2.05) is 92.9 Å². The quantitative estimate of drug-likeness (QED) is 0.133. The normalized spacial score (nSPS) is 13.2. The van der Waals surface area contributed by atoms with Crippen LogP contribution in [0.2, 0.25) is 0 Å². The lowest BCUT2D eigenvalue weighted by molar-refractivity contribution is 0.205. The average Bonchev–Trinajstić information content (AvgIpc) is 3.57. The zero-order chi connectivity index (χ0) is 33.3. The number of aromatic nitrogens is 3. The Hall–Kier alpha value is -4.80. The minimum atomic E-state index is -0.552. The van der Waals surface area contributed by atoms with E-state index in [1.54, 1.807) is 12.3 Å². The maximum atomic E-state index is 13.9. The Bertz CT molecular complexity index is 1800.